The van der Waals surface area contributed by atoms with Crippen LogP contribution in [0.2, 0.25) is 10.0 Å². The lowest BCUT2D eigenvalue weighted by molar-refractivity contribution is -0.120. The van der Waals surface area contributed by atoms with Gasteiger partial charge in [0.25, 0.3) is 11.8 Å². The van der Waals surface area contributed by atoms with Crippen molar-refractivity contribution in [2.45, 2.75) is 13.3 Å². The van der Waals surface area contributed by atoms with Crippen LogP contribution >= 0.6 is 34.8 Å². The summed E-state index contributed by atoms with van der Waals surface area (Å²) in [6.45, 7) is 1.98. The second-order valence-electron chi connectivity index (χ2n) is 7.26. The van der Waals surface area contributed by atoms with E-state index in [1.165, 1.54) is 6.07 Å². The molecule has 0 atom stereocenters. The number of carbonyl (C=O) groups excluding carboxylic acids is 3. The van der Waals surface area contributed by atoms with E-state index in [4.69, 9.17) is 39.5 Å². The van der Waals surface area contributed by atoms with Gasteiger partial charge in [0.2, 0.25) is 0 Å². The molecule has 172 valence electrons. The van der Waals surface area contributed by atoms with Gasteiger partial charge >= 0.3 is 5.97 Å². The maximum atomic E-state index is 13.0. The molecule has 0 unspecified atom stereocenters. The van der Waals surface area contributed by atoms with Crippen LogP contribution in [0.25, 0.3) is 0 Å². The van der Waals surface area contributed by atoms with Gasteiger partial charge in [-0.2, -0.15) is 0 Å². The van der Waals surface area contributed by atoms with Crippen LogP contribution in [0.1, 0.15) is 22.8 Å². The number of para-hydroxylation sites is 1. The average molecular weight is 516 g/mol. The van der Waals surface area contributed by atoms with Crippen molar-refractivity contribution in [3.8, 4) is 5.75 Å². The highest BCUT2D eigenvalue weighted by molar-refractivity contribution is 6.54. The highest BCUT2D eigenvalue weighted by Gasteiger charge is 2.40. The Morgan fingerprint density at radius 1 is 0.912 bits per heavy atom. The predicted molar refractivity (Wildman–Crippen MR) is 133 cm³/mol. The van der Waals surface area contributed by atoms with E-state index in [0.29, 0.717) is 17.0 Å². The maximum Gasteiger partial charge on any atom is 0.343 e. The molecule has 1 aliphatic heterocycles. The number of esters is 1. The number of carbonyl (C=O) groups is 3. The van der Waals surface area contributed by atoms with E-state index < -0.39 is 17.8 Å². The van der Waals surface area contributed by atoms with E-state index in [9.17, 15) is 14.4 Å². The fraction of sp³-hybridized carbons (Fsp3) is 0.0800. The molecular weight excluding hydrogens is 499 g/mol. The minimum atomic E-state index is -0.729. The number of imide groups is 1. The van der Waals surface area contributed by atoms with E-state index in [-0.39, 0.29) is 26.5 Å². The molecule has 34 heavy (non-hydrogen) atoms. The van der Waals surface area contributed by atoms with E-state index in [0.717, 1.165) is 16.9 Å². The van der Waals surface area contributed by atoms with Crippen LogP contribution in [0, 0.1) is 0 Å². The van der Waals surface area contributed by atoms with E-state index >= 15 is 0 Å². The van der Waals surface area contributed by atoms with Gasteiger partial charge < -0.3 is 10.1 Å². The van der Waals surface area contributed by atoms with Crippen molar-refractivity contribution >= 4 is 64.0 Å². The molecule has 3 aromatic rings. The minimum absolute atomic E-state index is 0.0593. The van der Waals surface area contributed by atoms with Crippen LogP contribution in [0.4, 0.5) is 11.4 Å². The fourth-order valence-corrected chi connectivity index (χ4v) is 3.98. The summed E-state index contributed by atoms with van der Waals surface area (Å²) in [4.78, 5) is 39.0. The molecule has 0 fully saturated rings. The van der Waals surface area contributed by atoms with Crippen LogP contribution < -0.4 is 15.0 Å². The molecule has 1 heterocycles. The molecule has 0 saturated heterocycles. The number of amides is 2. The molecule has 1 N–H and O–H groups in total. The first kappa shape index (κ1) is 23.8. The molecule has 0 saturated carbocycles. The topological polar surface area (TPSA) is 75.7 Å². The number of nitrogens with one attached hydrogen (secondary N) is 1. The number of nitrogens with zero attached hydrogens (tertiary/aromatic N) is 1. The van der Waals surface area contributed by atoms with E-state index in [1.807, 2.05) is 19.1 Å². The van der Waals surface area contributed by atoms with Gasteiger partial charge in [0.1, 0.15) is 16.5 Å². The van der Waals surface area contributed by atoms with Gasteiger partial charge in [-0.25, -0.2) is 9.69 Å². The van der Waals surface area contributed by atoms with Gasteiger partial charge in [-0.15, -0.1) is 0 Å². The molecule has 3 aromatic carbocycles. The molecule has 0 spiro atoms. The summed E-state index contributed by atoms with van der Waals surface area (Å²) in [6, 6.07) is 18.2. The summed E-state index contributed by atoms with van der Waals surface area (Å²) in [6.07, 6.45) is 0.729. The van der Waals surface area contributed by atoms with Crippen molar-refractivity contribution in [1.82, 2.24) is 0 Å². The number of anilines is 2. The summed E-state index contributed by atoms with van der Waals surface area (Å²) in [5.41, 5.74) is 1.69. The second kappa shape index (κ2) is 9.89. The lowest BCUT2D eigenvalue weighted by atomic mass is 10.1. The summed E-state index contributed by atoms with van der Waals surface area (Å²) >= 11 is 18.4. The number of hydrogen-bond acceptors (Lipinski definition) is 5. The highest BCUT2D eigenvalue weighted by atomic mass is 35.5. The fourth-order valence-electron chi connectivity index (χ4n) is 3.38. The third kappa shape index (κ3) is 4.53. The number of aryl methyl sites for hydroxylation is 1. The standard InChI is InChI=1S/C25H17Cl3N2O4/c1-2-14-6-3-4-9-19(14)34-25(33)15-10-12-16(13-11-15)29-22-21(28)23(31)30(24(22)32)18-8-5-7-17(26)20(18)27/h3-13,29H,2H2,1H3. The average Bonchev–Trinajstić information content (AvgIpc) is 3.04. The monoisotopic (exact) mass is 514 g/mol. The summed E-state index contributed by atoms with van der Waals surface area (Å²) < 4.78 is 5.51. The molecule has 2 amide bonds. The predicted octanol–water partition coefficient (Wildman–Crippen LogP) is 6.21. The zero-order valence-electron chi connectivity index (χ0n) is 17.8. The van der Waals surface area contributed by atoms with Gasteiger partial charge in [0, 0.05) is 5.69 Å². The van der Waals surface area contributed by atoms with Crippen molar-refractivity contribution < 1.29 is 19.1 Å². The molecular formula is C25H17Cl3N2O4. The number of hydrogen-bond donors (Lipinski definition) is 1. The van der Waals surface area contributed by atoms with Crippen LogP contribution in [-0.4, -0.2) is 17.8 Å². The SMILES string of the molecule is CCc1ccccc1OC(=O)c1ccc(NC2=C(Cl)C(=O)N(c3cccc(Cl)c3Cl)C2=O)cc1. The highest BCUT2D eigenvalue weighted by Crippen LogP contribution is 2.37. The second-order valence-corrected chi connectivity index (χ2v) is 8.42. The molecule has 0 radical (unpaired) electrons. The van der Waals surface area contributed by atoms with Crippen LogP contribution in [0.3, 0.4) is 0 Å². The summed E-state index contributed by atoms with van der Waals surface area (Å²) in [5, 5.41) is 2.81. The van der Waals surface area contributed by atoms with Crippen LogP contribution in [-0.2, 0) is 16.0 Å². The van der Waals surface area contributed by atoms with Gasteiger partial charge in [0.15, 0.2) is 0 Å². The summed E-state index contributed by atoms with van der Waals surface area (Å²) in [7, 11) is 0. The molecule has 1 aliphatic rings. The normalized spacial score (nSPS) is 13.5. The van der Waals surface area contributed by atoms with Crippen molar-refractivity contribution in [3.05, 3.63) is 98.6 Å². The largest absolute Gasteiger partial charge is 0.423 e. The van der Waals surface area contributed by atoms with Crippen LogP contribution in [0.15, 0.2) is 77.5 Å². The van der Waals surface area contributed by atoms with Crippen LogP contribution in [0.5, 0.6) is 5.75 Å². The zero-order chi connectivity index (χ0) is 24.4. The first-order valence-electron chi connectivity index (χ1n) is 10.2. The third-order valence-electron chi connectivity index (χ3n) is 5.15. The Kier molecular flexibility index (Phi) is 6.93. The Labute approximate surface area is 210 Å². The van der Waals surface area contributed by atoms with E-state index in [2.05, 4.69) is 5.32 Å². The Bertz CT molecular complexity index is 1340. The molecule has 9 heteroatoms. The number of rotatable bonds is 6. The number of benzene rings is 3. The Hall–Kier alpha value is -3.32. The Morgan fingerprint density at radius 2 is 1.62 bits per heavy atom. The smallest absolute Gasteiger partial charge is 0.343 e. The first-order valence-corrected chi connectivity index (χ1v) is 11.3. The molecule has 6 nitrogen and oxygen atoms in total. The van der Waals surface area contributed by atoms with Crippen molar-refractivity contribution in [3.63, 3.8) is 0 Å². The maximum absolute atomic E-state index is 13.0. The molecule has 4 rings (SSSR count). The van der Waals surface area contributed by atoms with Crippen molar-refractivity contribution in [2.24, 2.45) is 0 Å². The first-order chi connectivity index (χ1) is 16.3. The Balaban J connectivity index is 1.51. The molecule has 0 bridgehead atoms. The lowest BCUT2D eigenvalue weighted by Crippen LogP contribution is -2.32. The Morgan fingerprint density at radius 3 is 2.32 bits per heavy atom. The quantitative estimate of drug-likeness (QED) is 0.240. The van der Waals surface area contributed by atoms with E-state index in [1.54, 1.807) is 48.5 Å². The van der Waals surface area contributed by atoms with Crippen molar-refractivity contribution in [2.75, 3.05) is 10.2 Å². The van der Waals surface area contributed by atoms with Gasteiger partial charge in [0.05, 0.1) is 21.3 Å². The number of halogens is 3. The minimum Gasteiger partial charge on any atom is -0.423 e. The lowest BCUT2D eigenvalue weighted by Gasteiger charge is -2.17. The molecule has 0 aliphatic carbocycles. The molecule has 0 aromatic heterocycles. The third-order valence-corrected chi connectivity index (χ3v) is 6.31. The van der Waals surface area contributed by atoms with Gasteiger partial charge in [-0.1, -0.05) is 66.0 Å². The van der Waals surface area contributed by atoms with Gasteiger partial charge in [-0.3, -0.25) is 9.59 Å². The number of ether oxygens (including phenoxy) is 1. The summed E-state index contributed by atoms with van der Waals surface area (Å²) in [5.74, 6) is -1.42. The van der Waals surface area contributed by atoms with Crippen molar-refractivity contribution in [1.29, 1.82) is 0 Å². The zero-order valence-corrected chi connectivity index (χ0v) is 20.0. The van der Waals surface area contributed by atoms with Gasteiger partial charge in [-0.05, 0) is 54.4 Å².